The second kappa shape index (κ2) is 5.27. The van der Waals surface area contributed by atoms with E-state index in [1.807, 2.05) is 25.1 Å². The molecule has 0 aliphatic rings. The average Bonchev–Trinajstić information content (AvgIpc) is 2.75. The minimum absolute atomic E-state index is 0.107. The van der Waals surface area contributed by atoms with Gasteiger partial charge in [0.2, 0.25) is 0 Å². The van der Waals surface area contributed by atoms with E-state index in [-0.39, 0.29) is 5.75 Å². The Balaban J connectivity index is 2.32. The molecule has 0 radical (unpaired) electrons. The summed E-state index contributed by atoms with van der Waals surface area (Å²) in [7, 11) is 1.52. The summed E-state index contributed by atoms with van der Waals surface area (Å²) in [5, 5.41) is 17.0. The van der Waals surface area contributed by atoms with E-state index in [0.717, 1.165) is 15.9 Å². The van der Waals surface area contributed by atoms with Gasteiger partial charge in [0.15, 0.2) is 11.5 Å². The van der Waals surface area contributed by atoms with Crippen molar-refractivity contribution in [2.75, 3.05) is 7.11 Å². The van der Waals surface area contributed by atoms with Gasteiger partial charge in [0.25, 0.3) is 0 Å². The largest absolute Gasteiger partial charge is 0.504 e. The van der Waals surface area contributed by atoms with Crippen LogP contribution in [0.5, 0.6) is 11.5 Å². The third-order valence-corrected chi connectivity index (χ3v) is 3.10. The smallest absolute Gasteiger partial charge is 0.175 e. The SMILES string of the molecule is COc1c(Br)ccc(/C=C/c2cc(C)[nH]n2)c1O. The fourth-order valence-electron chi connectivity index (χ4n) is 1.59. The number of H-pyrrole nitrogens is 1. The molecule has 0 aliphatic carbocycles. The monoisotopic (exact) mass is 308 g/mol. The Hall–Kier alpha value is -1.75. The van der Waals surface area contributed by atoms with Crippen LogP contribution in [0, 0.1) is 6.92 Å². The normalized spacial score (nSPS) is 11.1. The summed E-state index contributed by atoms with van der Waals surface area (Å²) in [4.78, 5) is 0. The first-order valence-corrected chi connectivity index (χ1v) is 6.16. The summed E-state index contributed by atoms with van der Waals surface area (Å²) in [6.07, 6.45) is 3.62. The number of hydrogen-bond donors (Lipinski definition) is 2. The molecule has 1 heterocycles. The third-order valence-electron chi connectivity index (χ3n) is 2.48. The van der Waals surface area contributed by atoms with Crippen LogP contribution >= 0.6 is 15.9 Å². The molecule has 0 unspecified atom stereocenters. The standard InChI is InChI=1S/C13H13BrN2O2/c1-8-7-10(16-15-8)5-3-9-4-6-11(14)13(18-2)12(9)17/h3-7,17H,1-2H3,(H,15,16)/b5-3+. The van der Waals surface area contributed by atoms with Crippen molar-refractivity contribution in [2.24, 2.45) is 0 Å². The number of hydrogen-bond acceptors (Lipinski definition) is 3. The van der Waals surface area contributed by atoms with Crippen LogP contribution in [0.15, 0.2) is 22.7 Å². The van der Waals surface area contributed by atoms with Gasteiger partial charge in [-0.1, -0.05) is 0 Å². The number of aromatic hydroxyl groups is 1. The van der Waals surface area contributed by atoms with Crippen LogP contribution in [0.2, 0.25) is 0 Å². The van der Waals surface area contributed by atoms with Crippen molar-refractivity contribution in [3.63, 3.8) is 0 Å². The second-order valence-electron chi connectivity index (χ2n) is 3.83. The molecule has 0 fully saturated rings. The molecule has 0 aliphatic heterocycles. The van der Waals surface area contributed by atoms with Gasteiger partial charge < -0.3 is 9.84 Å². The number of nitrogens with zero attached hydrogens (tertiary/aromatic N) is 1. The predicted octanol–water partition coefficient (Wildman–Crippen LogP) is 3.37. The predicted molar refractivity (Wildman–Crippen MR) is 74.6 cm³/mol. The van der Waals surface area contributed by atoms with E-state index in [1.54, 1.807) is 12.1 Å². The lowest BCUT2D eigenvalue weighted by Crippen LogP contribution is -1.87. The van der Waals surface area contributed by atoms with E-state index in [1.165, 1.54) is 7.11 Å². The topological polar surface area (TPSA) is 58.1 Å². The maximum atomic E-state index is 10.0. The van der Waals surface area contributed by atoms with Crippen LogP contribution in [0.4, 0.5) is 0 Å². The van der Waals surface area contributed by atoms with Gasteiger partial charge in [0.1, 0.15) is 0 Å². The van der Waals surface area contributed by atoms with Crippen molar-refractivity contribution in [2.45, 2.75) is 6.92 Å². The highest BCUT2D eigenvalue weighted by atomic mass is 79.9. The molecular formula is C13H13BrN2O2. The maximum absolute atomic E-state index is 10.0. The summed E-state index contributed by atoms with van der Waals surface area (Å²) in [6.45, 7) is 1.93. The number of aromatic nitrogens is 2. The number of methoxy groups -OCH3 is 1. The quantitative estimate of drug-likeness (QED) is 0.914. The van der Waals surface area contributed by atoms with Gasteiger partial charge in [-0.15, -0.1) is 0 Å². The van der Waals surface area contributed by atoms with Crippen molar-refractivity contribution in [1.29, 1.82) is 0 Å². The third kappa shape index (κ3) is 2.56. The lowest BCUT2D eigenvalue weighted by Gasteiger charge is -2.07. The molecule has 0 bridgehead atoms. The molecule has 18 heavy (non-hydrogen) atoms. The lowest BCUT2D eigenvalue weighted by molar-refractivity contribution is 0.370. The number of ether oxygens (including phenoxy) is 1. The first kappa shape index (κ1) is 12.7. The number of phenolic OH excluding ortho intramolecular Hbond substituents is 1. The average molecular weight is 309 g/mol. The van der Waals surface area contributed by atoms with E-state index in [2.05, 4.69) is 26.1 Å². The highest BCUT2D eigenvalue weighted by molar-refractivity contribution is 9.10. The zero-order valence-corrected chi connectivity index (χ0v) is 11.7. The molecule has 1 aromatic carbocycles. The number of halogens is 1. The molecule has 0 spiro atoms. The Bertz CT molecular complexity index is 591. The van der Waals surface area contributed by atoms with Crippen LogP contribution in [-0.2, 0) is 0 Å². The van der Waals surface area contributed by atoms with Gasteiger partial charge in [-0.3, -0.25) is 5.10 Å². The van der Waals surface area contributed by atoms with E-state index < -0.39 is 0 Å². The Morgan fingerprint density at radius 2 is 2.17 bits per heavy atom. The highest BCUT2D eigenvalue weighted by Crippen LogP contribution is 2.37. The first-order valence-electron chi connectivity index (χ1n) is 5.37. The summed E-state index contributed by atoms with van der Waals surface area (Å²) in [6, 6.07) is 5.55. The molecular weight excluding hydrogens is 296 g/mol. The van der Waals surface area contributed by atoms with E-state index in [4.69, 9.17) is 4.74 Å². The number of rotatable bonds is 3. The van der Waals surface area contributed by atoms with Crippen LogP contribution in [-0.4, -0.2) is 22.4 Å². The van der Waals surface area contributed by atoms with Crippen molar-refractivity contribution in [3.05, 3.63) is 39.6 Å². The number of aryl methyl sites for hydroxylation is 1. The van der Waals surface area contributed by atoms with Crippen molar-refractivity contribution in [1.82, 2.24) is 10.2 Å². The highest BCUT2D eigenvalue weighted by Gasteiger charge is 2.09. The van der Waals surface area contributed by atoms with Gasteiger partial charge in [-0.25, -0.2) is 0 Å². The van der Waals surface area contributed by atoms with Crippen molar-refractivity contribution >= 4 is 28.1 Å². The molecule has 0 amide bonds. The molecule has 2 N–H and O–H groups in total. The zero-order valence-electron chi connectivity index (χ0n) is 10.1. The fourth-order valence-corrected chi connectivity index (χ4v) is 2.07. The van der Waals surface area contributed by atoms with E-state index in [9.17, 15) is 5.11 Å². The van der Waals surface area contributed by atoms with Gasteiger partial charge >= 0.3 is 0 Å². The Morgan fingerprint density at radius 3 is 2.78 bits per heavy atom. The Kier molecular flexibility index (Phi) is 3.72. The van der Waals surface area contributed by atoms with Crippen LogP contribution in [0.1, 0.15) is 17.0 Å². The molecule has 1 aromatic heterocycles. The summed E-state index contributed by atoms with van der Waals surface area (Å²) >= 11 is 3.31. The summed E-state index contributed by atoms with van der Waals surface area (Å²) in [5.74, 6) is 0.533. The first-order chi connectivity index (χ1) is 8.61. The lowest BCUT2D eigenvalue weighted by atomic mass is 10.1. The minimum Gasteiger partial charge on any atom is -0.504 e. The minimum atomic E-state index is 0.107. The van der Waals surface area contributed by atoms with Crippen molar-refractivity contribution in [3.8, 4) is 11.5 Å². The van der Waals surface area contributed by atoms with Gasteiger partial charge in [0.05, 0.1) is 17.3 Å². The van der Waals surface area contributed by atoms with Gasteiger partial charge in [-0.05, 0) is 53.2 Å². The van der Waals surface area contributed by atoms with Gasteiger partial charge in [0, 0.05) is 11.3 Å². The maximum Gasteiger partial charge on any atom is 0.175 e. The second-order valence-corrected chi connectivity index (χ2v) is 4.68. The molecule has 94 valence electrons. The molecule has 0 atom stereocenters. The van der Waals surface area contributed by atoms with E-state index in [0.29, 0.717) is 11.3 Å². The fraction of sp³-hybridized carbons (Fsp3) is 0.154. The molecule has 2 aromatic rings. The van der Waals surface area contributed by atoms with E-state index >= 15 is 0 Å². The zero-order chi connectivity index (χ0) is 13.1. The molecule has 0 saturated carbocycles. The molecule has 0 saturated heterocycles. The molecule has 4 nitrogen and oxygen atoms in total. The number of phenols is 1. The molecule has 5 heteroatoms. The Labute approximate surface area is 113 Å². The molecule has 2 rings (SSSR count). The number of aromatic amines is 1. The van der Waals surface area contributed by atoms with Crippen molar-refractivity contribution < 1.29 is 9.84 Å². The Morgan fingerprint density at radius 1 is 1.39 bits per heavy atom. The number of benzene rings is 1. The van der Waals surface area contributed by atoms with Gasteiger partial charge in [-0.2, -0.15) is 5.10 Å². The summed E-state index contributed by atoms with van der Waals surface area (Å²) < 4.78 is 5.84. The summed E-state index contributed by atoms with van der Waals surface area (Å²) in [5.41, 5.74) is 2.48. The number of nitrogens with one attached hydrogen (secondary N) is 1. The van der Waals surface area contributed by atoms with Crippen LogP contribution < -0.4 is 4.74 Å². The van der Waals surface area contributed by atoms with Crippen LogP contribution in [0.25, 0.3) is 12.2 Å². The van der Waals surface area contributed by atoms with Crippen LogP contribution in [0.3, 0.4) is 0 Å².